The molecular weight excluding hydrogens is 498 g/mol. The normalized spacial score (nSPS) is 14.4. The van der Waals surface area contributed by atoms with Crippen LogP contribution in [-0.4, -0.2) is 49.1 Å². The van der Waals surface area contributed by atoms with Crippen molar-refractivity contribution in [3.05, 3.63) is 98.9 Å². The molecule has 0 amide bonds. The smallest absolute Gasteiger partial charge is 0.354 e. The van der Waals surface area contributed by atoms with Crippen LogP contribution in [0.5, 0.6) is 5.75 Å². The average Bonchev–Trinajstić information content (AvgIpc) is 2.93. The lowest BCUT2D eigenvalue weighted by molar-refractivity contribution is 0.121. The lowest BCUT2D eigenvalue weighted by atomic mass is 9.95. The second kappa shape index (κ2) is 11.8. The number of hydrogen-bond acceptors (Lipinski definition) is 6. The Morgan fingerprint density at radius 2 is 1.71 bits per heavy atom. The highest BCUT2D eigenvalue weighted by Gasteiger charge is 2.19. The predicted molar refractivity (Wildman–Crippen MR) is 151 cm³/mol. The van der Waals surface area contributed by atoms with E-state index in [1.165, 1.54) is 5.56 Å². The van der Waals surface area contributed by atoms with Gasteiger partial charge in [0.25, 0.3) is 0 Å². The maximum absolute atomic E-state index is 12.6. The maximum atomic E-state index is 12.6. The Bertz CT molecular complexity index is 1500. The molecule has 38 heavy (non-hydrogen) atoms. The van der Waals surface area contributed by atoms with Crippen molar-refractivity contribution in [2.45, 2.75) is 19.9 Å². The number of fused-ring (bicyclic) bond motifs is 1. The summed E-state index contributed by atoms with van der Waals surface area (Å²) in [6.45, 7) is 8.61. The third-order valence-electron chi connectivity index (χ3n) is 7.03. The molecule has 0 saturated carbocycles. The van der Waals surface area contributed by atoms with E-state index in [0.29, 0.717) is 23.5 Å². The molecule has 0 spiro atoms. The number of nitrogens with zero attached hydrogens (tertiary/aromatic N) is 3. The van der Waals surface area contributed by atoms with Crippen molar-refractivity contribution >= 4 is 22.6 Å². The highest BCUT2D eigenvalue weighted by Crippen LogP contribution is 2.34. The molecule has 0 bridgehead atoms. The largest absolute Gasteiger partial charge is 0.493 e. The lowest BCUT2D eigenvalue weighted by Gasteiger charge is -2.34. The second-order valence-corrected chi connectivity index (χ2v) is 10.1. The molecule has 1 saturated heterocycles. The number of halogens is 1. The Morgan fingerprint density at radius 1 is 1.00 bits per heavy atom. The van der Waals surface area contributed by atoms with Crippen molar-refractivity contribution < 1.29 is 9.15 Å². The first-order valence-electron chi connectivity index (χ1n) is 12.9. The van der Waals surface area contributed by atoms with Crippen molar-refractivity contribution in [3.63, 3.8) is 0 Å². The van der Waals surface area contributed by atoms with Crippen LogP contribution in [0.2, 0.25) is 5.02 Å². The molecule has 0 radical (unpaired) electrons. The van der Waals surface area contributed by atoms with E-state index >= 15 is 0 Å². The van der Waals surface area contributed by atoms with Crippen molar-refractivity contribution in [2.24, 2.45) is 0 Å². The number of rotatable bonds is 8. The van der Waals surface area contributed by atoms with Gasteiger partial charge in [0.2, 0.25) is 0 Å². The molecule has 4 aromatic rings. The van der Waals surface area contributed by atoms with Crippen molar-refractivity contribution in [2.75, 3.05) is 39.3 Å². The van der Waals surface area contributed by atoms with Gasteiger partial charge in [-0.05, 0) is 48.2 Å². The van der Waals surface area contributed by atoms with Crippen molar-refractivity contribution in [3.8, 4) is 22.9 Å². The zero-order valence-electron chi connectivity index (χ0n) is 21.5. The van der Waals surface area contributed by atoms with Crippen LogP contribution in [0.25, 0.3) is 22.1 Å². The van der Waals surface area contributed by atoms with Crippen molar-refractivity contribution in [1.82, 2.24) is 9.80 Å². The minimum Gasteiger partial charge on any atom is -0.493 e. The molecule has 1 aliphatic heterocycles. The van der Waals surface area contributed by atoms with E-state index in [0.717, 1.165) is 67.2 Å². The van der Waals surface area contributed by atoms with Crippen LogP contribution in [0, 0.1) is 18.3 Å². The van der Waals surface area contributed by atoms with Crippen LogP contribution in [0.4, 0.5) is 0 Å². The molecule has 5 rings (SSSR count). The Morgan fingerprint density at radius 3 is 2.42 bits per heavy atom. The van der Waals surface area contributed by atoms with Crippen LogP contribution in [-0.2, 0) is 6.54 Å². The van der Waals surface area contributed by atoms with Gasteiger partial charge in [-0.1, -0.05) is 54.1 Å². The summed E-state index contributed by atoms with van der Waals surface area (Å²) in [5.41, 5.74) is 3.43. The molecule has 7 heteroatoms. The highest BCUT2D eigenvalue weighted by molar-refractivity contribution is 6.30. The minimum absolute atomic E-state index is 0.0220. The number of ether oxygens (including phenoxy) is 1. The third kappa shape index (κ3) is 5.92. The molecule has 1 fully saturated rings. The monoisotopic (exact) mass is 527 g/mol. The average molecular weight is 528 g/mol. The number of aryl methyl sites for hydroxylation is 1. The van der Waals surface area contributed by atoms with E-state index in [4.69, 9.17) is 20.8 Å². The minimum atomic E-state index is -0.634. The molecule has 1 aliphatic rings. The summed E-state index contributed by atoms with van der Waals surface area (Å²) >= 11 is 5.99. The van der Waals surface area contributed by atoms with E-state index in [9.17, 15) is 10.1 Å². The maximum Gasteiger partial charge on any atom is 0.354 e. The molecule has 0 aliphatic carbocycles. The van der Waals surface area contributed by atoms with Crippen LogP contribution >= 0.6 is 11.6 Å². The second-order valence-electron chi connectivity index (χ2n) is 9.68. The fourth-order valence-electron chi connectivity index (χ4n) is 5.08. The van der Waals surface area contributed by atoms with Crippen molar-refractivity contribution in [1.29, 1.82) is 5.26 Å². The summed E-state index contributed by atoms with van der Waals surface area (Å²) in [5.74, 6) is 0.662. The zero-order chi connectivity index (χ0) is 26.5. The quantitative estimate of drug-likeness (QED) is 0.210. The van der Waals surface area contributed by atoms with Gasteiger partial charge in [0, 0.05) is 61.3 Å². The zero-order valence-corrected chi connectivity index (χ0v) is 22.2. The fraction of sp³-hybridized carbons (Fsp3) is 0.290. The van der Waals surface area contributed by atoms with E-state index in [1.807, 2.05) is 61.5 Å². The van der Waals surface area contributed by atoms with Gasteiger partial charge in [-0.15, -0.1) is 0 Å². The van der Waals surface area contributed by atoms with Crippen LogP contribution in [0.1, 0.15) is 23.1 Å². The Balaban J connectivity index is 1.18. The van der Waals surface area contributed by atoms with Gasteiger partial charge in [-0.3, -0.25) is 4.90 Å². The third-order valence-corrected chi connectivity index (χ3v) is 7.28. The first-order valence-corrected chi connectivity index (χ1v) is 13.3. The molecular formula is C31H30ClN3O3. The predicted octanol–water partition coefficient (Wildman–Crippen LogP) is 5.88. The lowest BCUT2D eigenvalue weighted by Crippen LogP contribution is -2.46. The van der Waals surface area contributed by atoms with Gasteiger partial charge >= 0.3 is 5.63 Å². The van der Waals surface area contributed by atoms with Gasteiger partial charge in [0.1, 0.15) is 23.0 Å². The van der Waals surface area contributed by atoms with E-state index in [-0.39, 0.29) is 5.56 Å². The Labute approximate surface area is 227 Å². The SMILES string of the molecule is Cc1cc(OCCCN2CCN(Cc3ccc(Cl)cc3)CC2)cc2oc(=O)c(C#N)c(-c3ccccc3)c12. The summed E-state index contributed by atoms with van der Waals surface area (Å²) in [4.78, 5) is 17.6. The Hall–Kier alpha value is -3.63. The molecule has 0 unspecified atom stereocenters. The van der Waals surface area contributed by atoms with E-state index < -0.39 is 5.63 Å². The Kier molecular flexibility index (Phi) is 8.09. The summed E-state index contributed by atoms with van der Waals surface area (Å²) in [5, 5.41) is 11.2. The topological polar surface area (TPSA) is 69.7 Å². The van der Waals surface area contributed by atoms with E-state index in [2.05, 4.69) is 21.9 Å². The summed E-state index contributed by atoms with van der Waals surface area (Å²) in [7, 11) is 0. The molecule has 194 valence electrons. The van der Waals surface area contributed by atoms with Crippen LogP contribution in [0.15, 0.2) is 75.9 Å². The van der Waals surface area contributed by atoms with E-state index in [1.54, 1.807) is 6.07 Å². The number of benzene rings is 3. The number of hydrogen-bond donors (Lipinski definition) is 0. The molecule has 6 nitrogen and oxygen atoms in total. The number of piperazine rings is 1. The molecule has 0 atom stereocenters. The molecule has 3 aromatic carbocycles. The first kappa shape index (κ1) is 26.0. The summed E-state index contributed by atoms with van der Waals surface area (Å²) in [6, 6.07) is 23.3. The molecule has 0 N–H and O–H groups in total. The van der Waals surface area contributed by atoms with Gasteiger partial charge in [-0.2, -0.15) is 5.26 Å². The highest BCUT2D eigenvalue weighted by atomic mass is 35.5. The first-order chi connectivity index (χ1) is 18.5. The standard InChI is InChI=1S/C31H30ClN3O3/c1-22-18-26(19-28-29(22)30(24-6-3-2-4-7-24)27(20-33)31(36)38-28)37-17-5-12-34-13-15-35(16-14-34)21-23-8-10-25(32)11-9-23/h2-4,6-11,18-19H,5,12-17,21H2,1H3. The summed E-state index contributed by atoms with van der Waals surface area (Å²) in [6.07, 6.45) is 0.904. The van der Waals surface area contributed by atoms with Gasteiger partial charge in [-0.25, -0.2) is 4.79 Å². The molecule has 1 aromatic heterocycles. The van der Waals surface area contributed by atoms with Gasteiger partial charge < -0.3 is 14.1 Å². The number of nitriles is 1. The molecule has 2 heterocycles. The van der Waals surface area contributed by atoms with Gasteiger partial charge in [0.15, 0.2) is 0 Å². The fourth-order valence-corrected chi connectivity index (χ4v) is 5.20. The van der Waals surface area contributed by atoms with Gasteiger partial charge in [0.05, 0.1) is 6.61 Å². The van der Waals surface area contributed by atoms with Crippen LogP contribution in [0.3, 0.4) is 0 Å². The van der Waals surface area contributed by atoms with Crippen LogP contribution < -0.4 is 10.4 Å². The summed E-state index contributed by atoms with van der Waals surface area (Å²) < 4.78 is 11.6.